The highest BCUT2D eigenvalue weighted by molar-refractivity contribution is 5.69. The molecule has 0 unspecified atom stereocenters. The van der Waals surface area contributed by atoms with Gasteiger partial charge < -0.3 is 0 Å². The SMILES string of the molecule is CCc1ccccc1-c1ccc(F)c(CN2CCCC2)c1F. The molecule has 2 aromatic rings. The molecule has 1 fully saturated rings. The minimum Gasteiger partial charge on any atom is -0.299 e. The summed E-state index contributed by atoms with van der Waals surface area (Å²) in [5, 5.41) is 0. The molecule has 1 aliphatic rings. The van der Waals surface area contributed by atoms with Crippen molar-refractivity contribution in [1.82, 2.24) is 4.90 Å². The van der Waals surface area contributed by atoms with Crippen LogP contribution in [0.25, 0.3) is 11.1 Å². The zero-order chi connectivity index (χ0) is 15.5. The minimum atomic E-state index is -0.442. The number of rotatable bonds is 4. The van der Waals surface area contributed by atoms with Crippen LogP contribution in [0, 0.1) is 11.6 Å². The summed E-state index contributed by atoms with van der Waals surface area (Å²) in [5.41, 5.74) is 2.66. The van der Waals surface area contributed by atoms with Gasteiger partial charge in [-0.05, 0) is 55.6 Å². The molecule has 2 aromatic carbocycles. The second-order valence-electron chi connectivity index (χ2n) is 5.88. The van der Waals surface area contributed by atoms with Crippen molar-refractivity contribution >= 4 is 0 Å². The summed E-state index contributed by atoms with van der Waals surface area (Å²) in [4.78, 5) is 2.12. The largest absolute Gasteiger partial charge is 0.299 e. The van der Waals surface area contributed by atoms with Gasteiger partial charge in [-0.2, -0.15) is 0 Å². The number of halogens is 2. The lowest BCUT2D eigenvalue weighted by Crippen LogP contribution is -2.20. The van der Waals surface area contributed by atoms with E-state index in [9.17, 15) is 8.78 Å². The van der Waals surface area contributed by atoms with Crippen molar-refractivity contribution in [3.63, 3.8) is 0 Å². The Hall–Kier alpha value is -1.74. The summed E-state index contributed by atoms with van der Waals surface area (Å²) >= 11 is 0. The van der Waals surface area contributed by atoms with Gasteiger partial charge in [0.05, 0.1) is 0 Å². The molecule has 0 aromatic heterocycles. The Morgan fingerprint density at radius 3 is 2.41 bits per heavy atom. The van der Waals surface area contributed by atoms with E-state index in [0.717, 1.165) is 43.5 Å². The van der Waals surface area contributed by atoms with Crippen molar-refractivity contribution in [2.75, 3.05) is 13.1 Å². The second-order valence-corrected chi connectivity index (χ2v) is 5.88. The maximum absolute atomic E-state index is 14.9. The van der Waals surface area contributed by atoms with Gasteiger partial charge in [-0.15, -0.1) is 0 Å². The van der Waals surface area contributed by atoms with Crippen molar-refractivity contribution in [2.45, 2.75) is 32.7 Å². The minimum absolute atomic E-state index is 0.199. The molecule has 0 saturated carbocycles. The van der Waals surface area contributed by atoms with Gasteiger partial charge >= 0.3 is 0 Å². The van der Waals surface area contributed by atoms with Crippen molar-refractivity contribution in [3.8, 4) is 11.1 Å². The molecule has 0 N–H and O–H groups in total. The van der Waals surface area contributed by atoms with Crippen molar-refractivity contribution in [1.29, 1.82) is 0 Å². The summed E-state index contributed by atoms with van der Waals surface area (Å²) in [7, 11) is 0. The van der Waals surface area contributed by atoms with Gasteiger partial charge in [0.15, 0.2) is 0 Å². The summed E-state index contributed by atoms with van der Waals surface area (Å²) in [6.07, 6.45) is 3.05. The Morgan fingerprint density at radius 2 is 1.68 bits per heavy atom. The molecule has 1 saturated heterocycles. The Labute approximate surface area is 130 Å². The Morgan fingerprint density at radius 1 is 0.955 bits per heavy atom. The van der Waals surface area contributed by atoms with E-state index in [2.05, 4.69) is 4.90 Å². The second kappa shape index (κ2) is 6.57. The van der Waals surface area contributed by atoms with Crippen LogP contribution < -0.4 is 0 Å². The van der Waals surface area contributed by atoms with Crippen LogP contribution in [0.15, 0.2) is 36.4 Å². The molecule has 0 radical (unpaired) electrons. The van der Waals surface area contributed by atoms with E-state index >= 15 is 0 Å². The molecule has 22 heavy (non-hydrogen) atoms. The van der Waals surface area contributed by atoms with Crippen LogP contribution in [0.1, 0.15) is 30.9 Å². The van der Waals surface area contributed by atoms with Crippen LogP contribution in [0.4, 0.5) is 8.78 Å². The molecule has 0 amide bonds. The Kier molecular flexibility index (Phi) is 4.53. The average molecular weight is 301 g/mol. The molecule has 3 rings (SSSR count). The zero-order valence-electron chi connectivity index (χ0n) is 12.9. The predicted octanol–water partition coefficient (Wildman–Crippen LogP) is 4.79. The summed E-state index contributed by atoms with van der Waals surface area (Å²) in [6, 6.07) is 10.7. The summed E-state index contributed by atoms with van der Waals surface area (Å²) in [5.74, 6) is -0.852. The molecular formula is C19H21F2N. The normalized spacial score (nSPS) is 15.4. The van der Waals surface area contributed by atoms with Crippen LogP contribution in [0.3, 0.4) is 0 Å². The first-order valence-electron chi connectivity index (χ1n) is 7.98. The first-order valence-corrected chi connectivity index (χ1v) is 7.98. The van der Waals surface area contributed by atoms with Crippen LogP contribution in [0.5, 0.6) is 0 Å². The number of aryl methyl sites for hydroxylation is 1. The molecule has 0 bridgehead atoms. The third kappa shape index (κ3) is 2.91. The Balaban J connectivity index is 2.02. The molecule has 3 heteroatoms. The van der Waals surface area contributed by atoms with E-state index < -0.39 is 11.6 Å². The van der Waals surface area contributed by atoms with E-state index in [1.165, 1.54) is 6.07 Å². The topological polar surface area (TPSA) is 3.24 Å². The molecule has 1 aliphatic heterocycles. The first-order chi connectivity index (χ1) is 10.7. The van der Waals surface area contributed by atoms with Gasteiger partial charge in [0.25, 0.3) is 0 Å². The number of hydrogen-bond donors (Lipinski definition) is 0. The average Bonchev–Trinajstić information content (AvgIpc) is 3.05. The molecule has 1 nitrogen and oxygen atoms in total. The summed E-state index contributed by atoms with van der Waals surface area (Å²) < 4.78 is 29.0. The van der Waals surface area contributed by atoms with Gasteiger partial charge in [0.2, 0.25) is 0 Å². The lowest BCUT2D eigenvalue weighted by Gasteiger charge is -2.18. The fraction of sp³-hybridized carbons (Fsp3) is 0.368. The first kappa shape index (κ1) is 15.2. The number of nitrogens with zero attached hydrogens (tertiary/aromatic N) is 1. The van der Waals surface area contributed by atoms with Crippen molar-refractivity contribution in [3.05, 3.63) is 59.2 Å². The van der Waals surface area contributed by atoms with E-state index in [4.69, 9.17) is 0 Å². The molecule has 1 heterocycles. The molecule has 0 spiro atoms. The van der Waals surface area contributed by atoms with Crippen LogP contribution in [-0.2, 0) is 13.0 Å². The van der Waals surface area contributed by atoms with Crippen molar-refractivity contribution in [2.24, 2.45) is 0 Å². The van der Waals surface area contributed by atoms with E-state index in [0.29, 0.717) is 12.1 Å². The third-order valence-electron chi connectivity index (χ3n) is 4.45. The maximum Gasteiger partial charge on any atom is 0.138 e. The quantitative estimate of drug-likeness (QED) is 0.785. The number of benzene rings is 2. The van der Waals surface area contributed by atoms with Gasteiger partial charge in [-0.1, -0.05) is 31.2 Å². The van der Waals surface area contributed by atoms with Crippen molar-refractivity contribution < 1.29 is 8.78 Å². The number of likely N-dealkylation sites (tertiary alicyclic amines) is 1. The maximum atomic E-state index is 14.9. The van der Waals surface area contributed by atoms with Crippen LogP contribution in [0.2, 0.25) is 0 Å². The highest BCUT2D eigenvalue weighted by Gasteiger charge is 2.20. The summed E-state index contributed by atoms with van der Waals surface area (Å²) in [6.45, 7) is 4.26. The third-order valence-corrected chi connectivity index (χ3v) is 4.45. The lowest BCUT2D eigenvalue weighted by molar-refractivity contribution is 0.318. The highest BCUT2D eigenvalue weighted by Crippen LogP contribution is 2.30. The fourth-order valence-corrected chi connectivity index (χ4v) is 3.21. The van der Waals surface area contributed by atoms with Gasteiger partial charge in [0, 0.05) is 17.7 Å². The molecule has 0 atom stereocenters. The van der Waals surface area contributed by atoms with E-state index in [1.807, 2.05) is 31.2 Å². The standard InChI is InChI=1S/C19H21F2N/c1-2-14-7-3-4-8-15(14)16-9-10-18(20)17(19(16)21)13-22-11-5-6-12-22/h3-4,7-10H,2,5-6,11-13H2,1H3. The fourth-order valence-electron chi connectivity index (χ4n) is 3.21. The van der Waals surface area contributed by atoms with E-state index in [1.54, 1.807) is 6.07 Å². The van der Waals surface area contributed by atoms with E-state index in [-0.39, 0.29) is 5.56 Å². The van der Waals surface area contributed by atoms with Gasteiger partial charge in [-0.3, -0.25) is 4.90 Å². The molecule has 116 valence electrons. The molecular weight excluding hydrogens is 280 g/mol. The Bertz CT molecular complexity index is 660. The molecule has 0 aliphatic carbocycles. The van der Waals surface area contributed by atoms with Crippen LogP contribution in [-0.4, -0.2) is 18.0 Å². The number of hydrogen-bond acceptors (Lipinski definition) is 1. The smallest absolute Gasteiger partial charge is 0.138 e. The van der Waals surface area contributed by atoms with Gasteiger partial charge in [0.1, 0.15) is 11.6 Å². The lowest BCUT2D eigenvalue weighted by atomic mass is 9.95. The monoisotopic (exact) mass is 301 g/mol. The van der Waals surface area contributed by atoms with Crippen LogP contribution >= 0.6 is 0 Å². The van der Waals surface area contributed by atoms with Gasteiger partial charge in [-0.25, -0.2) is 8.78 Å². The highest BCUT2D eigenvalue weighted by atomic mass is 19.1. The zero-order valence-corrected chi connectivity index (χ0v) is 12.9. The predicted molar refractivity (Wildman–Crippen MR) is 85.7 cm³/mol.